The summed E-state index contributed by atoms with van der Waals surface area (Å²) in [6.45, 7) is 0. The number of carbonyl (C=O) groups is 1. The molecule has 0 saturated carbocycles. The molecule has 0 saturated heterocycles. The Balaban J connectivity index is 2.05. The largest absolute Gasteiger partial charge is 0.417 e. The molecule has 0 aliphatic rings. The Kier molecular flexibility index (Phi) is 4.31. The van der Waals surface area contributed by atoms with Gasteiger partial charge in [-0.05, 0) is 34.4 Å². The van der Waals surface area contributed by atoms with Gasteiger partial charge in [0.1, 0.15) is 0 Å². The minimum atomic E-state index is -4.42. The van der Waals surface area contributed by atoms with Crippen LogP contribution in [-0.4, -0.2) is 5.91 Å². The molecular formula is C20H14F3NO. The van der Waals surface area contributed by atoms with Gasteiger partial charge in [-0.3, -0.25) is 4.79 Å². The quantitative estimate of drug-likeness (QED) is 0.704. The summed E-state index contributed by atoms with van der Waals surface area (Å²) in [4.78, 5) is 11.5. The molecule has 0 atom stereocenters. The molecule has 3 aromatic rings. The molecule has 0 heterocycles. The minimum Gasteiger partial charge on any atom is -0.366 e. The highest BCUT2D eigenvalue weighted by atomic mass is 19.4. The Hall–Kier alpha value is -3.08. The van der Waals surface area contributed by atoms with Crippen LogP contribution in [0.1, 0.15) is 15.9 Å². The standard InChI is InChI=1S/C20H14F3NO/c21-20(22,23)18-8-4-3-6-16(18)14-11-9-13(10-12-14)15-5-1-2-7-17(15)19(24)25/h1-12H,(H2,24,25). The summed E-state index contributed by atoms with van der Waals surface area (Å²) < 4.78 is 39.5. The van der Waals surface area contributed by atoms with Gasteiger partial charge in [-0.2, -0.15) is 13.2 Å². The second-order valence-electron chi connectivity index (χ2n) is 5.53. The first-order valence-electron chi connectivity index (χ1n) is 7.54. The molecule has 0 aliphatic carbocycles. The second kappa shape index (κ2) is 6.43. The molecule has 25 heavy (non-hydrogen) atoms. The minimum absolute atomic E-state index is 0.115. The zero-order valence-electron chi connectivity index (χ0n) is 13.0. The van der Waals surface area contributed by atoms with Crippen molar-refractivity contribution in [3.8, 4) is 22.3 Å². The molecule has 2 nitrogen and oxygen atoms in total. The SMILES string of the molecule is NC(=O)c1ccccc1-c1ccc(-c2ccccc2C(F)(F)F)cc1. The van der Waals surface area contributed by atoms with Crippen LogP contribution in [0.15, 0.2) is 72.8 Å². The number of carbonyl (C=O) groups excluding carboxylic acids is 1. The maximum Gasteiger partial charge on any atom is 0.417 e. The van der Waals surface area contributed by atoms with Crippen molar-refractivity contribution in [1.82, 2.24) is 0 Å². The van der Waals surface area contributed by atoms with Gasteiger partial charge in [0, 0.05) is 5.56 Å². The van der Waals surface area contributed by atoms with E-state index < -0.39 is 17.6 Å². The number of halogens is 3. The van der Waals surface area contributed by atoms with Gasteiger partial charge in [0.25, 0.3) is 0 Å². The molecule has 126 valence electrons. The van der Waals surface area contributed by atoms with Crippen LogP contribution >= 0.6 is 0 Å². The number of rotatable bonds is 3. The predicted octanol–water partition coefficient (Wildman–Crippen LogP) is 5.14. The summed E-state index contributed by atoms with van der Waals surface area (Å²) in [5.74, 6) is -0.554. The van der Waals surface area contributed by atoms with Crippen molar-refractivity contribution in [3.05, 3.63) is 83.9 Å². The van der Waals surface area contributed by atoms with Crippen molar-refractivity contribution in [1.29, 1.82) is 0 Å². The average molecular weight is 341 g/mol. The van der Waals surface area contributed by atoms with Crippen molar-refractivity contribution in [2.24, 2.45) is 5.73 Å². The summed E-state index contributed by atoms with van der Waals surface area (Å²) in [6, 6.07) is 18.9. The first kappa shape index (κ1) is 16.8. The van der Waals surface area contributed by atoms with Crippen molar-refractivity contribution in [2.75, 3.05) is 0 Å². The van der Waals surface area contributed by atoms with Gasteiger partial charge in [0.2, 0.25) is 5.91 Å². The molecule has 0 aliphatic heterocycles. The topological polar surface area (TPSA) is 43.1 Å². The maximum absolute atomic E-state index is 13.2. The third-order valence-corrected chi connectivity index (χ3v) is 3.93. The van der Waals surface area contributed by atoms with E-state index in [0.717, 1.165) is 6.07 Å². The lowest BCUT2D eigenvalue weighted by atomic mass is 9.95. The number of benzene rings is 3. The highest BCUT2D eigenvalue weighted by Crippen LogP contribution is 2.37. The molecule has 0 unspecified atom stereocenters. The lowest BCUT2D eigenvalue weighted by Gasteiger charge is -2.13. The number of nitrogens with two attached hydrogens (primary N) is 1. The fourth-order valence-corrected chi connectivity index (χ4v) is 2.76. The van der Waals surface area contributed by atoms with E-state index in [9.17, 15) is 18.0 Å². The zero-order valence-corrected chi connectivity index (χ0v) is 13.0. The Labute approximate surface area is 142 Å². The van der Waals surface area contributed by atoms with E-state index in [4.69, 9.17) is 5.73 Å². The predicted molar refractivity (Wildman–Crippen MR) is 90.8 cm³/mol. The van der Waals surface area contributed by atoms with E-state index in [1.807, 2.05) is 0 Å². The lowest BCUT2D eigenvalue weighted by Crippen LogP contribution is -2.12. The fraction of sp³-hybridized carbons (Fsp3) is 0.0500. The van der Waals surface area contributed by atoms with Crippen LogP contribution in [0.3, 0.4) is 0 Å². The number of hydrogen-bond acceptors (Lipinski definition) is 1. The molecule has 5 heteroatoms. The molecule has 0 bridgehead atoms. The second-order valence-corrected chi connectivity index (χ2v) is 5.53. The monoisotopic (exact) mass is 341 g/mol. The molecule has 2 N–H and O–H groups in total. The van der Waals surface area contributed by atoms with Crippen LogP contribution in [0.4, 0.5) is 13.2 Å². The van der Waals surface area contributed by atoms with Crippen LogP contribution in [0.2, 0.25) is 0 Å². The number of primary amides is 1. The van der Waals surface area contributed by atoms with Crippen LogP contribution in [0.5, 0.6) is 0 Å². The summed E-state index contributed by atoms with van der Waals surface area (Å²) in [5.41, 5.74) is 6.99. The molecule has 3 aromatic carbocycles. The van der Waals surface area contributed by atoms with E-state index in [0.29, 0.717) is 22.3 Å². The summed E-state index contributed by atoms with van der Waals surface area (Å²) in [5, 5.41) is 0. The Morgan fingerprint density at radius 1 is 0.720 bits per heavy atom. The lowest BCUT2D eigenvalue weighted by molar-refractivity contribution is -0.137. The van der Waals surface area contributed by atoms with E-state index in [1.54, 1.807) is 54.6 Å². The molecular weight excluding hydrogens is 327 g/mol. The summed E-state index contributed by atoms with van der Waals surface area (Å²) >= 11 is 0. The number of hydrogen-bond donors (Lipinski definition) is 1. The van der Waals surface area contributed by atoms with Gasteiger partial charge in [0.15, 0.2) is 0 Å². The molecule has 1 amide bonds. The molecule has 0 radical (unpaired) electrons. The first-order valence-corrected chi connectivity index (χ1v) is 7.54. The summed E-state index contributed by atoms with van der Waals surface area (Å²) in [6.07, 6.45) is -4.42. The van der Waals surface area contributed by atoms with Gasteiger partial charge in [0.05, 0.1) is 5.56 Å². The third-order valence-electron chi connectivity index (χ3n) is 3.93. The fourth-order valence-electron chi connectivity index (χ4n) is 2.76. The normalized spacial score (nSPS) is 11.3. The van der Waals surface area contributed by atoms with Crippen molar-refractivity contribution < 1.29 is 18.0 Å². The van der Waals surface area contributed by atoms with Crippen LogP contribution in [0.25, 0.3) is 22.3 Å². The Morgan fingerprint density at radius 3 is 1.76 bits per heavy atom. The van der Waals surface area contributed by atoms with Crippen molar-refractivity contribution >= 4 is 5.91 Å². The van der Waals surface area contributed by atoms with E-state index >= 15 is 0 Å². The summed E-state index contributed by atoms with van der Waals surface area (Å²) in [7, 11) is 0. The van der Waals surface area contributed by atoms with E-state index in [2.05, 4.69) is 0 Å². The number of amides is 1. The Morgan fingerprint density at radius 2 is 1.20 bits per heavy atom. The molecule has 0 spiro atoms. The molecule has 3 rings (SSSR count). The van der Waals surface area contributed by atoms with E-state index in [-0.39, 0.29) is 5.56 Å². The van der Waals surface area contributed by atoms with Crippen LogP contribution in [-0.2, 0) is 6.18 Å². The molecule has 0 fully saturated rings. The smallest absolute Gasteiger partial charge is 0.366 e. The third kappa shape index (κ3) is 3.40. The van der Waals surface area contributed by atoms with Crippen LogP contribution < -0.4 is 5.73 Å². The Bertz CT molecular complexity index is 915. The van der Waals surface area contributed by atoms with Gasteiger partial charge < -0.3 is 5.73 Å². The highest BCUT2D eigenvalue weighted by Gasteiger charge is 2.33. The first-order chi connectivity index (χ1) is 11.9. The highest BCUT2D eigenvalue weighted by molar-refractivity contribution is 5.99. The van der Waals surface area contributed by atoms with Gasteiger partial charge in [-0.25, -0.2) is 0 Å². The van der Waals surface area contributed by atoms with E-state index in [1.165, 1.54) is 12.1 Å². The van der Waals surface area contributed by atoms with Gasteiger partial charge >= 0.3 is 6.18 Å². The average Bonchev–Trinajstić information content (AvgIpc) is 2.61. The zero-order chi connectivity index (χ0) is 18.0. The molecule has 0 aromatic heterocycles. The van der Waals surface area contributed by atoms with Gasteiger partial charge in [-0.1, -0.05) is 60.7 Å². The number of alkyl halides is 3. The van der Waals surface area contributed by atoms with Crippen molar-refractivity contribution in [3.63, 3.8) is 0 Å². The maximum atomic E-state index is 13.2. The van der Waals surface area contributed by atoms with Crippen molar-refractivity contribution in [2.45, 2.75) is 6.18 Å². The van der Waals surface area contributed by atoms with Crippen LogP contribution in [0, 0.1) is 0 Å². The van der Waals surface area contributed by atoms with Gasteiger partial charge in [-0.15, -0.1) is 0 Å².